The average Bonchev–Trinajstić information content (AvgIpc) is 2.70. The average molecular weight is 260 g/mol. The standard InChI is InChI=1S/C16H24N2O/c1-8-15(18-19-16(8)9(2)17)14-12-4-10-3-11(6-12)7-13(14)5-10/h9-14H,3-7,17H2,1-2H3. The molecule has 104 valence electrons. The lowest BCUT2D eigenvalue weighted by Crippen LogP contribution is -2.44. The van der Waals surface area contributed by atoms with Crippen LogP contribution in [0.1, 0.15) is 68.0 Å². The zero-order chi connectivity index (χ0) is 13.1. The second-order valence-corrected chi connectivity index (χ2v) is 7.30. The van der Waals surface area contributed by atoms with Crippen LogP contribution in [0.3, 0.4) is 0 Å². The largest absolute Gasteiger partial charge is 0.359 e. The molecule has 19 heavy (non-hydrogen) atoms. The maximum absolute atomic E-state index is 5.97. The fourth-order valence-electron chi connectivity index (χ4n) is 5.47. The van der Waals surface area contributed by atoms with Gasteiger partial charge in [-0.05, 0) is 69.6 Å². The van der Waals surface area contributed by atoms with Gasteiger partial charge in [-0.25, -0.2) is 0 Å². The highest BCUT2D eigenvalue weighted by Gasteiger charge is 2.50. The molecule has 0 spiro atoms. The van der Waals surface area contributed by atoms with Crippen LogP contribution in [-0.2, 0) is 0 Å². The molecule has 0 aliphatic heterocycles. The lowest BCUT2D eigenvalue weighted by Gasteiger charge is -2.54. The van der Waals surface area contributed by atoms with Crippen molar-refractivity contribution in [1.82, 2.24) is 5.16 Å². The lowest BCUT2D eigenvalue weighted by molar-refractivity contribution is -0.00524. The van der Waals surface area contributed by atoms with Crippen LogP contribution in [0, 0.1) is 30.6 Å². The van der Waals surface area contributed by atoms with Crippen molar-refractivity contribution in [1.29, 1.82) is 0 Å². The van der Waals surface area contributed by atoms with Gasteiger partial charge in [0.1, 0.15) is 0 Å². The number of hydrogen-bond donors (Lipinski definition) is 1. The van der Waals surface area contributed by atoms with E-state index in [1.54, 1.807) is 0 Å². The van der Waals surface area contributed by atoms with Gasteiger partial charge in [0, 0.05) is 11.5 Å². The van der Waals surface area contributed by atoms with E-state index in [0.29, 0.717) is 5.92 Å². The molecule has 4 aliphatic carbocycles. The predicted molar refractivity (Wildman–Crippen MR) is 73.6 cm³/mol. The normalized spacial score (nSPS) is 41.7. The summed E-state index contributed by atoms with van der Waals surface area (Å²) < 4.78 is 5.54. The zero-order valence-electron chi connectivity index (χ0n) is 11.9. The molecule has 0 saturated heterocycles. The van der Waals surface area contributed by atoms with Gasteiger partial charge < -0.3 is 10.3 Å². The number of nitrogens with two attached hydrogens (primary N) is 1. The third-order valence-corrected chi connectivity index (χ3v) is 5.95. The number of rotatable bonds is 2. The quantitative estimate of drug-likeness (QED) is 0.884. The van der Waals surface area contributed by atoms with Crippen LogP contribution in [0.4, 0.5) is 0 Å². The van der Waals surface area contributed by atoms with E-state index in [9.17, 15) is 0 Å². The summed E-state index contributed by atoms with van der Waals surface area (Å²) in [6.07, 6.45) is 7.21. The van der Waals surface area contributed by atoms with E-state index in [0.717, 1.165) is 29.4 Å². The van der Waals surface area contributed by atoms with Gasteiger partial charge in [-0.3, -0.25) is 0 Å². The molecule has 0 amide bonds. The Hall–Kier alpha value is -0.830. The highest BCUT2D eigenvalue weighted by Crippen LogP contribution is 2.60. The topological polar surface area (TPSA) is 52.0 Å². The van der Waals surface area contributed by atoms with Crippen molar-refractivity contribution >= 4 is 0 Å². The minimum atomic E-state index is -0.0434. The molecule has 1 aromatic rings. The molecule has 3 nitrogen and oxygen atoms in total. The molecule has 0 aromatic carbocycles. The van der Waals surface area contributed by atoms with Crippen LogP contribution in [0.2, 0.25) is 0 Å². The van der Waals surface area contributed by atoms with Gasteiger partial charge in [0.2, 0.25) is 0 Å². The van der Waals surface area contributed by atoms with Gasteiger partial charge in [-0.15, -0.1) is 0 Å². The Balaban J connectivity index is 1.69. The SMILES string of the molecule is Cc1c(C2C3CC4CC(C3)CC2C4)noc1C(C)N. The summed E-state index contributed by atoms with van der Waals surface area (Å²) in [6.45, 7) is 4.13. The third kappa shape index (κ3) is 1.70. The summed E-state index contributed by atoms with van der Waals surface area (Å²) in [5.41, 5.74) is 8.43. The Morgan fingerprint density at radius 2 is 1.68 bits per heavy atom. The highest BCUT2D eigenvalue weighted by molar-refractivity contribution is 5.29. The Kier molecular flexibility index (Phi) is 2.57. The van der Waals surface area contributed by atoms with Crippen molar-refractivity contribution in [2.45, 2.75) is 57.9 Å². The molecule has 3 heteroatoms. The molecule has 4 bridgehead atoms. The van der Waals surface area contributed by atoms with Gasteiger partial charge in [0.05, 0.1) is 11.7 Å². The van der Waals surface area contributed by atoms with E-state index in [-0.39, 0.29) is 6.04 Å². The lowest BCUT2D eigenvalue weighted by atomic mass is 9.51. The van der Waals surface area contributed by atoms with Gasteiger partial charge in [-0.1, -0.05) is 5.16 Å². The summed E-state index contributed by atoms with van der Waals surface area (Å²) in [6, 6.07) is -0.0434. The molecular weight excluding hydrogens is 236 g/mol. The fraction of sp³-hybridized carbons (Fsp3) is 0.812. The van der Waals surface area contributed by atoms with Crippen molar-refractivity contribution in [3.63, 3.8) is 0 Å². The Morgan fingerprint density at radius 1 is 1.11 bits per heavy atom. The predicted octanol–water partition coefficient (Wildman–Crippen LogP) is 3.54. The first kappa shape index (κ1) is 12.0. The van der Waals surface area contributed by atoms with Gasteiger partial charge in [-0.2, -0.15) is 0 Å². The molecule has 0 radical (unpaired) electrons. The Morgan fingerprint density at radius 3 is 2.16 bits per heavy atom. The maximum atomic E-state index is 5.97. The van der Waals surface area contributed by atoms with Crippen LogP contribution >= 0.6 is 0 Å². The van der Waals surface area contributed by atoms with Crippen molar-refractivity contribution in [2.24, 2.45) is 29.4 Å². The number of hydrogen-bond acceptors (Lipinski definition) is 3. The van der Waals surface area contributed by atoms with E-state index in [1.165, 1.54) is 43.4 Å². The van der Waals surface area contributed by atoms with E-state index < -0.39 is 0 Å². The zero-order valence-corrected chi connectivity index (χ0v) is 11.9. The summed E-state index contributed by atoms with van der Waals surface area (Å²) >= 11 is 0. The highest BCUT2D eigenvalue weighted by atomic mass is 16.5. The van der Waals surface area contributed by atoms with Crippen molar-refractivity contribution in [3.05, 3.63) is 17.0 Å². The minimum absolute atomic E-state index is 0.0434. The molecule has 5 rings (SSSR count). The minimum Gasteiger partial charge on any atom is -0.359 e. The van der Waals surface area contributed by atoms with E-state index in [4.69, 9.17) is 10.3 Å². The molecule has 1 heterocycles. The van der Waals surface area contributed by atoms with Gasteiger partial charge in [0.25, 0.3) is 0 Å². The number of aromatic nitrogens is 1. The molecule has 1 atom stereocenters. The molecule has 2 N–H and O–H groups in total. The Labute approximate surface area is 114 Å². The summed E-state index contributed by atoms with van der Waals surface area (Å²) in [5, 5.41) is 4.43. The van der Waals surface area contributed by atoms with Crippen LogP contribution in [0.5, 0.6) is 0 Å². The van der Waals surface area contributed by atoms with Gasteiger partial charge in [0.15, 0.2) is 5.76 Å². The van der Waals surface area contributed by atoms with Crippen molar-refractivity contribution < 1.29 is 4.52 Å². The fourth-order valence-corrected chi connectivity index (χ4v) is 5.47. The van der Waals surface area contributed by atoms with Crippen LogP contribution in [0.15, 0.2) is 4.52 Å². The molecule has 1 unspecified atom stereocenters. The van der Waals surface area contributed by atoms with Crippen molar-refractivity contribution in [2.75, 3.05) is 0 Å². The second-order valence-electron chi connectivity index (χ2n) is 7.30. The van der Waals surface area contributed by atoms with Crippen molar-refractivity contribution in [3.8, 4) is 0 Å². The van der Waals surface area contributed by atoms with E-state index >= 15 is 0 Å². The molecule has 4 fully saturated rings. The first-order valence-corrected chi connectivity index (χ1v) is 7.85. The monoisotopic (exact) mass is 260 g/mol. The Bertz CT molecular complexity index is 463. The number of nitrogens with zero attached hydrogens (tertiary/aromatic N) is 1. The third-order valence-electron chi connectivity index (χ3n) is 5.95. The molecule has 4 aliphatic rings. The summed E-state index contributed by atoms with van der Waals surface area (Å²) in [4.78, 5) is 0. The molecule has 4 saturated carbocycles. The van der Waals surface area contributed by atoms with E-state index in [2.05, 4.69) is 12.1 Å². The van der Waals surface area contributed by atoms with E-state index in [1.807, 2.05) is 6.92 Å². The maximum Gasteiger partial charge on any atom is 0.156 e. The molecule has 1 aromatic heterocycles. The summed E-state index contributed by atoms with van der Waals surface area (Å²) in [5.74, 6) is 5.30. The smallest absolute Gasteiger partial charge is 0.156 e. The van der Waals surface area contributed by atoms with Crippen LogP contribution < -0.4 is 5.73 Å². The summed E-state index contributed by atoms with van der Waals surface area (Å²) in [7, 11) is 0. The van der Waals surface area contributed by atoms with Gasteiger partial charge >= 0.3 is 0 Å². The molecular formula is C16H24N2O. The van der Waals surface area contributed by atoms with Crippen LogP contribution in [-0.4, -0.2) is 5.16 Å². The second kappa shape index (κ2) is 4.08. The first-order valence-electron chi connectivity index (χ1n) is 7.85. The van der Waals surface area contributed by atoms with Crippen LogP contribution in [0.25, 0.3) is 0 Å². The first-order chi connectivity index (χ1) is 9.13.